The first-order valence-electron chi connectivity index (χ1n) is 8.08. The summed E-state index contributed by atoms with van der Waals surface area (Å²) in [6.45, 7) is 4.80. The third kappa shape index (κ3) is 3.47. The molecule has 128 valence electrons. The Hall–Kier alpha value is -1.85. The number of rotatable bonds is 3. The molecule has 1 atom stereocenters. The summed E-state index contributed by atoms with van der Waals surface area (Å²) >= 11 is 5.91. The predicted molar refractivity (Wildman–Crippen MR) is 91.9 cm³/mol. The lowest BCUT2D eigenvalue weighted by Crippen LogP contribution is -2.46. The highest BCUT2D eigenvalue weighted by molar-refractivity contribution is 6.30. The standard InChI is InChI=1S/C18H21ClN2O3/c1-18(2,23)13-4-3-9-21(11-13)17(22)15-10-20-24-16(15)12-5-7-14(19)8-6-12/h5-8,10,13,23H,3-4,9,11H2,1-2H3/t13-/m1/s1. The summed E-state index contributed by atoms with van der Waals surface area (Å²) < 4.78 is 5.31. The number of carbonyl (C=O) groups excluding carboxylic acids is 1. The minimum Gasteiger partial charge on any atom is -0.390 e. The van der Waals surface area contributed by atoms with Crippen LogP contribution in [0.2, 0.25) is 5.02 Å². The van der Waals surface area contributed by atoms with Crippen molar-refractivity contribution in [2.75, 3.05) is 13.1 Å². The van der Waals surface area contributed by atoms with Gasteiger partial charge in [-0.15, -0.1) is 0 Å². The van der Waals surface area contributed by atoms with Crippen molar-refractivity contribution in [3.05, 3.63) is 41.0 Å². The molecule has 0 spiro atoms. The molecule has 24 heavy (non-hydrogen) atoms. The molecule has 3 rings (SSSR count). The minimum absolute atomic E-state index is 0.0639. The van der Waals surface area contributed by atoms with E-state index in [2.05, 4.69) is 5.16 Å². The van der Waals surface area contributed by atoms with E-state index in [1.807, 2.05) is 0 Å². The van der Waals surface area contributed by atoms with Gasteiger partial charge in [-0.3, -0.25) is 4.79 Å². The molecule has 1 amide bonds. The van der Waals surface area contributed by atoms with E-state index < -0.39 is 5.60 Å². The number of piperidine rings is 1. The quantitative estimate of drug-likeness (QED) is 0.920. The van der Waals surface area contributed by atoms with Gasteiger partial charge in [-0.2, -0.15) is 0 Å². The second-order valence-electron chi connectivity index (χ2n) is 6.82. The first-order chi connectivity index (χ1) is 11.4. The first-order valence-corrected chi connectivity index (χ1v) is 8.46. The molecule has 1 N–H and O–H groups in total. The molecule has 1 aromatic heterocycles. The van der Waals surface area contributed by atoms with E-state index in [0.717, 1.165) is 18.4 Å². The minimum atomic E-state index is -0.799. The SMILES string of the molecule is CC(C)(O)[C@@H]1CCCN(C(=O)c2cnoc2-c2ccc(Cl)cc2)C1. The number of amides is 1. The van der Waals surface area contributed by atoms with Crippen molar-refractivity contribution in [1.29, 1.82) is 0 Å². The van der Waals surface area contributed by atoms with Crippen LogP contribution in [0.25, 0.3) is 11.3 Å². The van der Waals surface area contributed by atoms with Crippen LogP contribution >= 0.6 is 11.6 Å². The smallest absolute Gasteiger partial charge is 0.259 e. The Morgan fingerprint density at radius 3 is 2.75 bits per heavy atom. The second kappa shape index (κ2) is 6.57. The number of likely N-dealkylation sites (tertiary alicyclic amines) is 1. The normalized spacial score (nSPS) is 18.7. The Balaban J connectivity index is 1.83. The Morgan fingerprint density at radius 1 is 1.38 bits per heavy atom. The van der Waals surface area contributed by atoms with Crippen molar-refractivity contribution < 1.29 is 14.4 Å². The third-order valence-corrected chi connectivity index (χ3v) is 4.87. The Bertz CT molecular complexity index is 719. The summed E-state index contributed by atoms with van der Waals surface area (Å²) in [5, 5.41) is 14.7. The number of aromatic nitrogens is 1. The van der Waals surface area contributed by atoms with Crippen molar-refractivity contribution in [3.63, 3.8) is 0 Å². The van der Waals surface area contributed by atoms with Gasteiger partial charge in [0.15, 0.2) is 5.76 Å². The summed E-state index contributed by atoms with van der Waals surface area (Å²) in [5.41, 5.74) is 0.400. The van der Waals surface area contributed by atoms with Gasteiger partial charge in [0.25, 0.3) is 5.91 Å². The third-order valence-electron chi connectivity index (χ3n) is 4.61. The van der Waals surface area contributed by atoms with Gasteiger partial charge in [-0.05, 0) is 51.0 Å². The topological polar surface area (TPSA) is 66.6 Å². The molecule has 1 aromatic carbocycles. The van der Waals surface area contributed by atoms with Gasteiger partial charge < -0.3 is 14.5 Å². The van der Waals surface area contributed by atoms with Gasteiger partial charge in [0.2, 0.25) is 0 Å². The predicted octanol–water partition coefficient (Wildman–Crippen LogP) is 3.62. The molecule has 0 radical (unpaired) electrons. The first kappa shape index (κ1) is 17.0. The lowest BCUT2D eigenvalue weighted by Gasteiger charge is -2.38. The van der Waals surface area contributed by atoms with Gasteiger partial charge in [0, 0.05) is 29.6 Å². The fourth-order valence-corrected chi connectivity index (χ4v) is 3.24. The van der Waals surface area contributed by atoms with Crippen molar-refractivity contribution in [2.45, 2.75) is 32.3 Å². The molecule has 0 aliphatic carbocycles. The number of nitrogens with zero attached hydrogens (tertiary/aromatic N) is 2. The van der Waals surface area contributed by atoms with E-state index in [4.69, 9.17) is 16.1 Å². The molecule has 5 nitrogen and oxygen atoms in total. The van der Waals surface area contributed by atoms with Crippen LogP contribution in [0, 0.1) is 5.92 Å². The fourth-order valence-electron chi connectivity index (χ4n) is 3.11. The molecule has 1 aliphatic heterocycles. The number of halogens is 1. The number of aliphatic hydroxyl groups is 1. The lowest BCUT2D eigenvalue weighted by atomic mass is 9.84. The summed E-state index contributed by atoms with van der Waals surface area (Å²) in [4.78, 5) is 14.7. The van der Waals surface area contributed by atoms with Crippen LogP contribution in [0.4, 0.5) is 0 Å². The molecule has 0 saturated carbocycles. The molecule has 6 heteroatoms. The Morgan fingerprint density at radius 2 is 2.08 bits per heavy atom. The van der Waals surface area contributed by atoms with Gasteiger partial charge in [0.05, 0.1) is 11.8 Å². The zero-order valence-electron chi connectivity index (χ0n) is 13.8. The van der Waals surface area contributed by atoms with E-state index in [-0.39, 0.29) is 11.8 Å². The van der Waals surface area contributed by atoms with Crippen molar-refractivity contribution in [2.24, 2.45) is 5.92 Å². The highest BCUT2D eigenvalue weighted by Crippen LogP contribution is 2.30. The maximum atomic E-state index is 12.9. The van der Waals surface area contributed by atoms with Crippen LogP contribution in [0.15, 0.2) is 35.0 Å². The zero-order valence-corrected chi connectivity index (χ0v) is 14.6. The van der Waals surface area contributed by atoms with Crippen molar-refractivity contribution >= 4 is 17.5 Å². The van der Waals surface area contributed by atoms with Crippen molar-refractivity contribution in [1.82, 2.24) is 10.1 Å². The maximum Gasteiger partial charge on any atom is 0.259 e. The number of hydrogen-bond acceptors (Lipinski definition) is 4. The Kier molecular flexibility index (Phi) is 4.65. The van der Waals surface area contributed by atoms with Gasteiger partial charge in [-0.1, -0.05) is 16.8 Å². The second-order valence-corrected chi connectivity index (χ2v) is 7.26. The summed E-state index contributed by atoms with van der Waals surface area (Å²) in [6, 6.07) is 7.10. The molecule has 2 aromatic rings. The van der Waals surface area contributed by atoms with E-state index in [1.54, 1.807) is 43.0 Å². The molecule has 1 saturated heterocycles. The summed E-state index contributed by atoms with van der Waals surface area (Å²) in [5.74, 6) is 0.395. The molecule has 1 aliphatic rings. The van der Waals surface area contributed by atoms with Crippen LogP contribution in [0.3, 0.4) is 0 Å². The zero-order chi connectivity index (χ0) is 17.3. The van der Waals surface area contributed by atoms with E-state index in [9.17, 15) is 9.90 Å². The van der Waals surface area contributed by atoms with Gasteiger partial charge in [0.1, 0.15) is 5.56 Å². The number of hydrogen-bond donors (Lipinski definition) is 1. The van der Waals surface area contributed by atoms with Crippen molar-refractivity contribution in [3.8, 4) is 11.3 Å². The molecule has 0 unspecified atom stereocenters. The van der Waals surface area contributed by atoms with E-state index >= 15 is 0 Å². The number of carbonyl (C=O) groups is 1. The van der Waals surface area contributed by atoms with Crippen LogP contribution in [0.5, 0.6) is 0 Å². The molecule has 2 heterocycles. The summed E-state index contributed by atoms with van der Waals surface area (Å²) in [6.07, 6.45) is 3.25. The monoisotopic (exact) mass is 348 g/mol. The Labute approximate surface area is 146 Å². The fraction of sp³-hybridized carbons (Fsp3) is 0.444. The van der Waals surface area contributed by atoms with Gasteiger partial charge in [-0.25, -0.2) is 0 Å². The molecule has 0 bridgehead atoms. The van der Waals surface area contributed by atoms with E-state index in [1.165, 1.54) is 6.20 Å². The van der Waals surface area contributed by atoms with Crippen LogP contribution < -0.4 is 0 Å². The van der Waals surface area contributed by atoms with Gasteiger partial charge >= 0.3 is 0 Å². The largest absolute Gasteiger partial charge is 0.390 e. The van der Waals surface area contributed by atoms with Crippen LogP contribution in [-0.4, -0.2) is 39.8 Å². The highest BCUT2D eigenvalue weighted by Gasteiger charge is 2.34. The molecule has 1 fully saturated rings. The molecular formula is C18H21ClN2O3. The van der Waals surface area contributed by atoms with Crippen LogP contribution in [-0.2, 0) is 0 Å². The maximum absolute atomic E-state index is 12.9. The average Bonchev–Trinajstić information content (AvgIpc) is 3.04. The average molecular weight is 349 g/mol. The highest BCUT2D eigenvalue weighted by atomic mass is 35.5. The number of benzene rings is 1. The lowest BCUT2D eigenvalue weighted by molar-refractivity contribution is -0.0146. The molecular weight excluding hydrogens is 328 g/mol. The van der Waals surface area contributed by atoms with Crippen LogP contribution in [0.1, 0.15) is 37.0 Å². The van der Waals surface area contributed by atoms with E-state index in [0.29, 0.717) is 29.4 Å². The summed E-state index contributed by atoms with van der Waals surface area (Å²) in [7, 11) is 0.